The molecule has 2 aromatic rings. The first-order chi connectivity index (χ1) is 11.9. The third-order valence-electron chi connectivity index (χ3n) is 5.32. The van der Waals surface area contributed by atoms with Crippen LogP contribution in [0, 0.1) is 5.92 Å². The van der Waals surface area contributed by atoms with E-state index < -0.39 is 0 Å². The number of hydrogen-bond acceptors (Lipinski definition) is 3. The maximum atomic E-state index is 5.37. The fourth-order valence-corrected chi connectivity index (χ4v) is 3.90. The highest BCUT2D eigenvalue weighted by Gasteiger charge is 2.33. The van der Waals surface area contributed by atoms with Gasteiger partial charge in [-0.15, -0.1) is 12.4 Å². The lowest BCUT2D eigenvalue weighted by Crippen LogP contribution is -2.43. The van der Waals surface area contributed by atoms with E-state index in [9.17, 15) is 0 Å². The predicted molar refractivity (Wildman–Crippen MR) is 104 cm³/mol. The number of rotatable bonds is 5. The summed E-state index contributed by atoms with van der Waals surface area (Å²) in [7, 11) is 0. The number of nitrogens with zero attached hydrogens (tertiary/aromatic N) is 2. The van der Waals surface area contributed by atoms with Crippen molar-refractivity contribution in [1.82, 2.24) is 4.90 Å². The lowest BCUT2D eigenvalue weighted by atomic mass is 9.81. The second-order valence-electron chi connectivity index (χ2n) is 6.89. The van der Waals surface area contributed by atoms with Crippen molar-refractivity contribution in [1.29, 1.82) is 0 Å². The van der Waals surface area contributed by atoms with Crippen LogP contribution in [0.2, 0.25) is 0 Å². The molecule has 0 saturated carbocycles. The lowest BCUT2D eigenvalue weighted by Gasteiger charge is -2.45. The van der Waals surface area contributed by atoms with Crippen molar-refractivity contribution in [2.75, 3.05) is 13.1 Å². The summed E-state index contributed by atoms with van der Waals surface area (Å²) in [5, 5.41) is 4.08. The molecule has 0 N–H and O–H groups in total. The van der Waals surface area contributed by atoms with Crippen molar-refractivity contribution in [2.24, 2.45) is 11.1 Å². The molecule has 3 aliphatic rings. The van der Waals surface area contributed by atoms with Crippen LogP contribution in [0.5, 0.6) is 0 Å². The Morgan fingerprint density at radius 3 is 2.36 bits per heavy atom. The Morgan fingerprint density at radius 2 is 1.72 bits per heavy atom. The van der Waals surface area contributed by atoms with Crippen molar-refractivity contribution in [3.8, 4) is 0 Å². The van der Waals surface area contributed by atoms with E-state index in [1.54, 1.807) is 6.21 Å². The molecule has 3 nitrogen and oxygen atoms in total. The Kier molecular flexibility index (Phi) is 6.11. The van der Waals surface area contributed by atoms with Crippen LogP contribution in [-0.2, 0) is 11.4 Å². The standard InChI is InChI=1S/C21H24N2O.ClH/c1-2-4-19(5-3-1)16-24-22-15-18-6-8-20(9-7-18)21-14-17-10-12-23(21)13-11-17;/h1-9,15,17,21H,10-14,16H2;1H/b22-15-;. The van der Waals surface area contributed by atoms with Gasteiger partial charge in [-0.3, -0.25) is 4.90 Å². The van der Waals surface area contributed by atoms with Crippen LogP contribution in [-0.4, -0.2) is 24.2 Å². The molecule has 1 atom stereocenters. The molecular weight excluding hydrogens is 332 g/mol. The van der Waals surface area contributed by atoms with E-state index in [1.807, 2.05) is 30.3 Å². The Labute approximate surface area is 156 Å². The van der Waals surface area contributed by atoms with Gasteiger partial charge in [0, 0.05) is 6.04 Å². The molecule has 3 heterocycles. The van der Waals surface area contributed by atoms with Gasteiger partial charge in [0.05, 0.1) is 6.21 Å². The third-order valence-corrected chi connectivity index (χ3v) is 5.32. The fourth-order valence-electron chi connectivity index (χ4n) is 3.90. The van der Waals surface area contributed by atoms with Gasteiger partial charge in [0.2, 0.25) is 0 Å². The SMILES string of the molecule is C(=N/OCc1ccccc1)/c1ccc(C2CC3CCN2CC3)cc1.Cl. The van der Waals surface area contributed by atoms with Gasteiger partial charge in [-0.05, 0) is 55.0 Å². The summed E-state index contributed by atoms with van der Waals surface area (Å²) in [4.78, 5) is 8.02. The first-order valence-corrected chi connectivity index (χ1v) is 8.92. The molecule has 1 unspecified atom stereocenters. The van der Waals surface area contributed by atoms with Crippen molar-refractivity contribution in [2.45, 2.75) is 31.9 Å². The van der Waals surface area contributed by atoms with E-state index in [0.717, 1.165) is 17.0 Å². The van der Waals surface area contributed by atoms with Gasteiger partial charge in [-0.1, -0.05) is 59.8 Å². The monoisotopic (exact) mass is 356 g/mol. The summed E-state index contributed by atoms with van der Waals surface area (Å²) in [5.74, 6) is 0.938. The maximum Gasteiger partial charge on any atom is 0.142 e. The minimum absolute atomic E-state index is 0. The minimum Gasteiger partial charge on any atom is -0.391 e. The summed E-state index contributed by atoms with van der Waals surface area (Å²) in [5.41, 5.74) is 3.66. The molecule has 3 aliphatic heterocycles. The lowest BCUT2D eigenvalue weighted by molar-refractivity contribution is 0.0490. The van der Waals surface area contributed by atoms with Crippen molar-refractivity contribution in [3.63, 3.8) is 0 Å². The molecule has 25 heavy (non-hydrogen) atoms. The van der Waals surface area contributed by atoms with Gasteiger partial charge in [0.25, 0.3) is 0 Å². The molecule has 0 amide bonds. The summed E-state index contributed by atoms with van der Waals surface area (Å²) in [6.07, 6.45) is 5.90. The van der Waals surface area contributed by atoms with Gasteiger partial charge in [-0.2, -0.15) is 0 Å². The highest BCUT2D eigenvalue weighted by molar-refractivity contribution is 5.85. The summed E-state index contributed by atoms with van der Waals surface area (Å²) < 4.78 is 0. The number of benzene rings is 2. The molecule has 0 radical (unpaired) electrons. The van der Waals surface area contributed by atoms with Crippen LogP contribution < -0.4 is 0 Å². The summed E-state index contributed by atoms with van der Waals surface area (Å²) >= 11 is 0. The molecule has 5 rings (SSSR count). The zero-order chi connectivity index (χ0) is 16.2. The first-order valence-electron chi connectivity index (χ1n) is 8.92. The number of halogens is 1. The number of fused-ring (bicyclic) bond motifs is 3. The summed E-state index contributed by atoms with van der Waals surface area (Å²) in [6, 6.07) is 19.5. The van der Waals surface area contributed by atoms with Crippen LogP contribution in [0.4, 0.5) is 0 Å². The van der Waals surface area contributed by atoms with Crippen molar-refractivity contribution >= 4 is 18.6 Å². The first kappa shape index (κ1) is 18.0. The molecule has 2 bridgehead atoms. The van der Waals surface area contributed by atoms with E-state index in [2.05, 4.69) is 34.3 Å². The van der Waals surface area contributed by atoms with Crippen molar-refractivity contribution in [3.05, 3.63) is 71.3 Å². The van der Waals surface area contributed by atoms with E-state index >= 15 is 0 Å². The number of oxime groups is 1. The second kappa shape index (κ2) is 8.50. The molecule has 2 aromatic carbocycles. The van der Waals surface area contributed by atoms with E-state index in [-0.39, 0.29) is 12.4 Å². The highest BCUT2D eigenvalue weighted by Crippen LogP contribution is 2.40. The molecule has 4 heteroatoms. The van der Waals surface area contributed by atoms with Gasteiger partial charge >= 0.3 is 0 Å². The average molecular weight is 357 g/mol. The maximum absolute atomic E-state index is 5.37. The molecule has 3 saturated heterocycles. The predicted octanol–water partition coefficient (Wildman–Crippen LogP) is 4.82. The smallest absolute Gasteiger partial charge is 0.142 e. The Hall–Kier alpha value is -1.84. The number of hydrogen-bond donors (Lipinski definition) is 0. The Bertz CT molecular complexity index is 679. The molecule has 132 valence electrons. The van der Waals surface area contributed by atoms with E-state index in [1.165, 1.54) is 37.9 Å². The van der Waals surface area contributed by atoms with Gasteiger partial charge < -0.3 is 4.84 Å². The van der Waals surface area contributed by atoms with Crippen LogP contribution in [0.3, 0.4) is 0 Å². The van der Waals surface area contributed by atoms with E-state index in [4.69, 9.17) is 4.84 Å². The highest BCUT2D eigenvalue weighted by atomic mass is 35.5. The van der Waals surface area contributed by atoms with Crippen LogP contribution in [0.25, 0.3) is 0 Å². The second-order valence-corrected chi connectivity index (χ2v) is 6.89. The van der Waals surface area contributed by atoms with Crippen LogP contribution >= 0.6 is 12.4 Å². The average Bonchev–Trinajstić information content (AvgIpc) is 2.67. The van der Waals surface area contributed by atoms with Gasteiger partial charge in [-0.25, -0.2) is 0 Å². The Morgan fingerprint density at radius 1 is 1.00 bits per heavy atom. The van der Waals surface area contributed by atoms with Crippen molar-refractivity contribution < 1.29 is 4.84 Å². The quantitative estimate of drug-likeness (QED) is 0.567. The van der Waals surface area contributed by atoms with E-state index in [0.29, 0.717) is 12.6 Å². The Balaban J connectivity index is 0.00000182. The van der Waals surface area contributed by atoms with Gasteiger partial charge in [0.15, 0.2) is 0 Å². The normalized spacial score (nSPS) is 24.9. The zero-order valence-corrected chi connectivity index (χ0v) is 15.2. The molecule has 0 aliphatic carbocycles. The molecule has 0 aromatic heterocycles. The number of piperidine rings is 3. The molecule has 3 fully saturated rings. The minimum atomic E-state index is 0. The van der Waals surface area contributed by atoms with Crippen LogP contribution in [0.15, 0.2) is 59.8 Å². The molecule has 0 spiro atoms. The zero-order valence-electron chi connectivity index (χ0n) is 14.4. The fraction of sp³-hybridized carbons (Fsp3) is 0.381. The third kappa shape index (κ3) is 4.42. The topological polar surface area (TPSA) is 24.8 Å². The molecular formula is C21H25ClN2O. The largest absolute Gasteiger partial charge is 0.391 e. The summed E-state index contributed by atoms with van der Waals surface area (Å²) in [6.45, 7) is 3.05. The van der Waals surface area contributed by atoms with Crippen LogP contribution in [0.1, 0.15) is 42.0 Å². The van der Waals surface area contributed by atoms with Gasteiger partial charge in [0.1, 0.15) is 6.61 Å².